The van der Waals surface area contributed by atoms with Crippen LogP contribution in [0, 0.1) is 13.8 Å². The summed E-state index contributed by atoms with van der Waals surface area (Å²) in [5, 5.41) is 2.28. The largest absolute Gasteiger partial charge is 0.497 e. The zero-order chi connectivity index (χ0) is 36.7. The van der Waals surface area contributed by atoms with Gasteiger partial charge in [-0.25, -0.2) is 8.42 Å². The predicted octanol–water partition coefficient (Wildman–Crippen LogP) is 7.93. The van der Waals surface area contributed by atoms with Gasteiger partial charge in [-0.3, -0.25) is 4.79 Å². The molecule has 5 nitrogen and oxygen atoms in total. The minimum atomic E-state index is -5.68. The van der Waals surface area contributed by atoms with Crippen LogP contribution in [-0.2, 0) is 9.84 Å². The van der Waals surface area contributed by atoms with Crippen molar-refractivity contribution >= 4 is 53.0 Å². The fourth-order valence-electron chi connectivity index (χ4n) is 7.45. The first-order valence-corrected chi connectivity index (χ1v) is 20.1. The van der Waals surface area contributed by atoms with Crippen LogP contribution >= 0.6 is 0 Å². The van der Waals surface area contributed by atoms with Crippen LogP contribution in [0.1, 0.15) is 53.4 Å². The first-order chi connectivity index (χ1) is 24.2. The van der Waals surface area contributed by atoms with Gasteiger partial charge < -0.3 is 9.80 Å². The third-order valence-corrected chi connectivity index (χ3v) is 13.2. The number of benzene rings is 4. The van der Waals surface area contributed by atoms with Gasteiger partial charge in [0.25, 0.3) is 9.84 Å². The Labute approximate surface area is 300 Å². The van der Waals surface area contributed by atoms with Crippen molar-refractivity contribution in [1.29, 1.82) is 0 Å². The molecule has 51 heavy (non-hydrogen) atoms. The van der Waals surface area contributed by atoms with Crippen LogP contribution in [0.15, 0.2) is 120 Å². The average molecular weight is 727 g/mol. The number of nitrogens with zero attached hydrogens (tertiary/aromatic N) is 2. The Morgan fingerprint density at radius 3 is 2.08 bits per heavy atom. The maximum atomic E-state index is 13.5. The summed E-state index contributed by atoms with van der Waals surface area (Å²) < 4.78 is 64.5. The van der Waals surface area contributed by atoms with Crippen LogP contribution < -0.4 is 15.0 Å². The number of hydrogen-bond donors (Lipinski definition) is 0. The topological polar surface area (TPSA) is 57.7 Å². The molecule has 0 saturated heterocycles. The Morgan fingerprint density at radius 1 is 0.824 bits per heavy atom. The van der Waals surface area contributed by atoms with Crippen LogP contribution in [0.5, 0.6) is 0 Å². The van der Waals surface area contributed by atoms with E-state index >= 15 is 0 Å². The maximum absolute atomic E-state index is 13.5. The predicted molar refractivity (Wildman–Crippen MR) is 205 cm³/mol. The van der Waals surface area contributed by atoms with Crippen molar-refractivity contribution in [2.45, 2.75) is 45.7 Å². The number of aryl methyl sites for hydroxylation is 2. The lowest BCUT2D eigenvalue weighted by Gasteiger charge is -2.43. The number of rotatable bonds is 10. The van der Waals surface area contributed by atoms with E-state index in [1.54, 1.807) is 18.2 Å². The van der Waals surface area contributed by atoms with Crippen LogP contribution in [-0.4, -0.2) is 53.6 Å². The van der Waals surface area contributed by atoms with Gasteiger partial charge >= 0.3 is 5.51 Å². The fourth-order valence-corrected chi connectivity index (χ4v) is 10.3. The first-order valence-electron chi connectivity index (χ1n) is 17.1. The third-order valence-electron chi connectivity index (χ3n) is 9.92. The molecule has 0 amide bonds. The molecular weight excluding hydrogens is 686 g/mol. The third kappa shape index (κ3) is 6.74. The summed E-state index contributed by atoms with van der Waals surface area (Å²) >= 11 is 0. The van der Waals surface area contributed by atoms with Crippen molar-refractivity contribution in [3.63, 3.8) is 0 Å². The van der Waals surface area contributed by atoms with Gasteiger partial charge in [0.15, 0.2) is 5.78 Å². The normalized spacial score (nSPS) is 17.5. The summed E-state index contributed by atoms with van der Waals surface area (Å²) in [6.07, 6.45) is 6.53. The van der Waals surface area contributed by atoms with Gasteiger partial charge in [0.2, 0.25) is 0 Å². The highest BCUT2D eigenvalue weighted by Gasteiger charge is 2.47. The van der Waals surface area contributed by atoms with Crippen molar-refractivity contribution in [1.82, 2.24) is 0 Å². The quantitative estimate of drug-likeness (QED) is 0.123. The van der Waals surface area contributed by atoms with E-state index in [2.05, 4.69) is 93.0 Å². The van der Waals surface area contributed by atoms with Crippen molar-refractivity contribution in [3.8, 4) is 0 Å². The van der Waals surface area contributed by atoms with Crippen molar-refractivity contribution in [2.24, 2.45) is 0 Å². The zero-order valence-electron chi connectivity index (χ0n) is 29.4. The van der Waals surface area contributed by atoms with E-state index in [0.29, 0.717) is 11.1 Å². The van der Waals surface area contributed by atoms with E-state index in [9.17, 15) is 26.4 Å². The number of sulfone groups is 1. The van der Waals surface area contributed by atoms with Crippen LogP contribution in [0.3, 0.4) is 0 Å². The number of fused-ring (bicyclic) bond motifs is 2. The number of halogens is 3. The highest BCUT2D eigenvalue weighted by atomic mass is 32.2. The van der Waals surface area contributed by atoms with Gasteiger partial charge in [0.05, 0.1) is 15.1 Å². The van der Waals surface area contributed by atoms with Crippen LogP contribution in [0.4, 0.5) is 30.2 Å². The van der Waals surface area contributed by atoms with Gasteiger partial charge in [-0.05, 0) is 92.3 Å². The second-order valence-electron chi connectivity index (χ2n) is 13.3. The van der Waals surface area contributed by atoms with Gasteiger partial charge in [0.1, 0.15) is 5.75 Å². The highest BCUT2D eigenvalue weighted by Crippen LogP contribution is 2.42. The molecule has 1 heterocycles. The van der Waals surface area contributed by atoms with E-state index in [1.807, 2.05) is 36.4 Å². The van der Waals surface area contributed by atoms with Crippen molar-refractivity contribution in [2.75, 3.05) is 28.6 Å². The molecule has 0 N–H and O–H groups in total. The highest BCUT2D eigenvalue weighted by molar-refractivity contribution is 7.93. The molecule has 6 rings (SSSR count). The summed E-state index contributed by atoms with van der Waals surface area (Å²) in [6.45, 7) is 12.1. The Bertz CT molecular complexity index is 2220. The number of Topliss-reactive ketones (excluding diaryl/α,β-unsaturated/α-hetero) is 1. The van der Waals surface area contributed by atoms with Crippen LogP contribution in [0.25, 0.3) is 5.57 Å². The summed E-state index contributed by atoms with van der Waals surface area (Å²) in [4.78, 5) is 18.1. The second kappa shape index (κ2) is 13.8. The van der Waals surface area contributed by atoms with Crippen LogP contribution in [0.2, 0.25) is 0 Å². The average Bonchev–Trinajstić information content (AvgIpc) is 3.08. The fraction of sp³-hybridized carbons (Fsp3) is 0.244. The Kier molecular flexibility index (Phi) is 9.78. The molecule has 1 unspecified atom stereocenters. The first kappa shape index (κ1) is 36.1. The molecule has 1 aliphatic heterocycles. The number of likely N-dealkylation sites (N-methyl/N-ethyl adjacent to an activating group) is 1. The second-order valence-corrected chi connectivity index (χ2v) is 17.1. The minimum Gasteiger partial charge on any atom is -0.359 e. The monoisotopic (exact) mass is 726 g/mol. The number of allylic oxidation sites excluding steroid dienone is 3. The molecule has 4 aromatic rings. The lowest BCUT2D eigenvalue weighted by Crippen LogP contribution is -2.46. The summed E-state index contributed by atoms with van der Waals surface area (Å²) in [5.74, 6) is -2.75. The molecule has 0 spiro atoms. The number of carbonyl (C=O) groups excluding carboxylic acids is 1. The molecule has 4 aromatic carbocycles. The Balaban J connectivity index is 1.55. The molecule has 0 radical (unpaired) electrons. The number of hydrogen-bond acceptors (Lipinski definition) is 5. The standard InChI is InChI=1S/C41H41F3N2O3SSi/c1-6-45(34-18-12-8-14-27(34)3)29-20-21-32-37(24-29)51-38-25-40(5,46(7-2)35-19-13-9-15-28(35)4)23-22-33(38)39(32)31-17-11-10-16-30(31)36(47)26-50(48,49)41(42,43)44/h8-25H,6-7,26,51H2,1-5H3. The molecule has 2 aliphatic rings. The summed E-state index contributed by atoms with van der Waals surface area (Å²) in [5.41, 5.74) is 2.39. The molecule has 264 valence electrons. The van der Waals surface area contributed by atoms with Gasteiger partial charge in [-0.2, -0.15) is 13.2 Å². The number of ketones is 1. The Morgan fingerprint density at radius 2 is 1.45 bits per heavy atom. The SMILES string of the molecule is CCN(c1ccc2c(c1)[SiH2]C1=CC(C)(N(CC)c3ccccc3C)C=CC1=C2c1ccccc1C(=O)CS(=O)(=O)C(F)(F)F)c1ccccc1C. The molecule has 1 aliphatic carbocycles. The smallest absolute Gasteiger partial charge is 0.359 e. The molecule has 10 heteroatoms. The van der Waals surface area contributed by atoms with Gasteiger partial charge in [-0.1, -0.05) is 95.3 Å². The van der Waals surface area contributed by atoms with E-state index in [0.717, 1.165) is 62.8 Å². The van der Waals surface area contributed by atoms with E-state index < -0.39 is 41.9 Å². The Hall–Kier alpha value is -4.67. The number of carbonyl (C=O) groups is 1. The number of alkyl halides is 3. The molecule has 0 fully saturated rings. The minimum absolute atomic E-state index is 0.0577. The zero-order valence-corrected chi connectivity index (χ0v) is 31.6. The van der Waals surface area contributed by atoms with E-state index in [4.69, 9.17) is 0 Å². The molecular formula is C41H41F3N2O3SSi. The van der Waals surface area contributed by atoms with Crippen molar-refractivity contribution in [3.05, 3.63) is 148 Å². The van der Waals surface area contributed by atoms with E-state index in [-0.39, 0.29) is 5.56 Å². The molecule has 0 saturated carbocycles. The van der Waals surface area contributed by atoms with Gasteiger partial charge in [-0.15, -0.1) is 0 Å². The summed E-state index contributed by atoms with van der Waals surface area (Å²) in [6, 6.07) is 29.2. The number of para-hydroxylation sites is 2. The summed E-state index contributed by atoms with van der Waals surface area (Å²) in [7, 11) is -6.81. The molecule has 0 bridgehead atoms. The van der Waals surface area contributed by atoms with E-state index in [1.165, 1.54) is 6.07 Å². The lowest BCUT2D eigenvalue weighted by molar-refractivity contribution is -0.0434. The molecule has 1 atom stereocenters. The lowest BCUT2D eigenvalue weighted by atomic mass is 9.83. The maximum Gasteiger partial charge on any atom is 0.497 e. The van der Waals surface area contributed by atoms with Gasteiger partial charge in [0, 0.05) is 35.7 Å². The van der Waals surface area contributed by atoms with Crippen molar-refractivity contribution < 1.29 is 26.4 Å². The molecule has 0 aromatic heterocycles. The number of anilines is 3.